The number of primary amides is 1. The van der Waals surface area contributed by atoms with Gasteiger partial charge in [-0.15, -0.1) is 0 Å². The Morgan fingerprint density at radius 1 is 1.40 bits per heavy atom. The van der Waals surface area contributed by atoms with Gasteiger partial charge in [0.05, 0.1) is 6.04 Å². The van der Waals surface area contributed by atoms with Crippen LogP contribution in [0.2, 0.25) is 0 Å². The summed E-state index contributed by atoms with van der Waals surface area (Å²) in [7, 11) is 0. The van der Waals surface area contributed by atoms with E-state index in [9.17, 15) is 9.59 Å². The molecule has 0 aromatic heterocycles. The lowest BCUT2D eigenvalue weighted by Gasteiger charge is -2.32. The van der Waals surface area contributed by atoms with E-state index in [-0.39, 0.29) is 17.7 Å². The molecular weight excluding hydrogens is 194 g/mol. The maximum atomic E-state index is 11.7. The Kier molecular flexibility index (Phi) is 4.08. The third-order valence-corrected chi connectivity index (χ3v) is 2.97. The van der Waals surface area contributed by atoms with Crippen molar-refractivity contribution in [3.05, 3.63) is 0 Å². The Morgan fingerprint density at radius 2 is 1.93 bits per heavy atom. The number of hydrogen-bond donors (Lipinski definition) is 2. The number of amides is 2. The van der Waals surface area contributed by atoms with Crippen molar-refractivity contribution >= 4 is 11.8 Å². The average molecular weight is 213 g/mol. The zero-order valence-electron chi connectivity index (χ0n) is 9.11. The fourth-order valence-electron chi connectivity index (χ4n) is 1.79. The monoisotopic (exact) mass is 213 g/mol. The Balaban J connectivity index is 2.43. The van der Waals surface area contributed by atoms with E-state index in [0.717, 1.165) is 0 Å². The Morgan fingerprint density at radius 3 is 2.33 bits per heavy atom. The standard InChI is InChI=1S/C10H19N3O2/c1-2-8(11)10(15)13-5-3-7(4-6-13)9(12)14/h7-8H,2-6,11H2,1H3,(H2,12,14)/t8-/m0/s1. The number of nitrogens with zero attached hydrogens (tertiary/aromatic N) is 1. The van der Waals surface area contributed by atoms with E-state index in [0.29, 0.717) is 32.4 Å². The van der Waals surface area contributed by atoms with Crippen molar-refractivity contribution < 1.29 is 9.59 Å². The predicted octanol–water partition coefficient (Wildman–Crippen LogP) is -0.552. The van der Waals surface area contributed by atoms with Gasteiger partial charge in [-0.1, -0.05) is 6.92 Å². The van der Waals surface area contributed by atoms with Crippen LogP contribution in [0.15, 0.2) is 0 Å². The van der Waals surface area contributed by atoms with Crippen molar-refractivity contribution in [2.75, 3.05) is 13.1 Å². The Hall–Kier alpha value is -1.10. The molecule has 5 heteroatoms. The third kappa shape index (κ3) is 2.92. The van der Waals surface area contributed by atoms with Crippen LogP contribution in [-0.4, -0.2) is 35.8 Å². The molecule has 0 aliphatic carbocycles. The highest BCUT2D eigenvalue weighted by Gasteiger charge is 2.27. The molecule has 0 aromatic rings. The molecule has 5 nitrogen and oxygen atoms in total. The summed E-state index contributed by atoms with van der Waals surface area (Å²) >= 11 is 0. The molecule has 1 aliphatic rings. The summed E-state index contributed by atoms with van der Waals surface area (Å²) in [6.07, 6.45) is 1.98. The third-order valence-electron chi connectivity index (χ3n) is 2.97. The molecule has 1 rings (SSSR count). The molecule has 0 spiro atoms. The van der Waals surface area contributed by atoms with Crippen LogP contribution in [0.1, 0.15) is 26.2 Å². The van der Waals surface area contributed by atoms with E-state index in [1.54, 1.807) is 4.90 Å². The zero-order valence-corrected chi connectivity index (χ0v) is 9.11. The lowest BCUT2D eigenvalue weighted by atomic mass is 9.96. The van der Waals surface area contributed by atoms with Gasteiger partial charge in [-0.25, -0.2) is 0 Å². The summed E-state index contributed by atoms with van der Waals surface area (Å²) in [6, 6.07) is -0.407. The zero-order chi connectivity index (χ0) is 11.4. The summed E-state index contributed by atoms with van der Waals surface area (Å²) in [5, 5.41) is 0. The van der Waals surface area contributed by atoms with Crippen LogP contribution in [0, 0.1) is 5.92 Å². The van der Waals surface area contributed by atoms with Crippen molar-refractivity contribution in [3.63, 3.8) is 0 Å². The Labute approximate surface area is 89.8 Å². The highest BCUT2D eigenvalue weighted by atomic mass is 16.2. The van der Waals surface area contributed by atoms with E-state index in [1.807, 2.05) is 6.92 Å². The van der Waals surface area contributed by atoms with Gasteiger partial charge in [0.15, 0.2) is 0 Å². The molecule has 86 valence electrons. The molecule has 0 radical (unpaired) electrons. The van der Waals surface area contributed by atoms with Gasteiger partial charge in [-0.3, -0.25) is 9.59 Å². The summed E-state index contributed by atoms with van der Waals surface area (Å²) in [6.45, 7) is 3.08. The van der Waals surface area contributed by atoms with Gasteiger partial charge in [-0.05, 0) is 19.3 Å². The lowest BCUT2D eigenvalue weighted by molar-refractivity contribution is -0.136. The first-order valence-corrected chi connectivity index (χ1v) is 5.40. The van der Waals surface area contributed by atoms with Crippen LogP contribution >= 0.6 is 0 Å². The van der Waals surface area contributed by atoms with E-state index in [2.05, 4.69) is 0 Å². The number of nitrogens with two attached hydrogens (primary N) is 2. The van der Waals surface area contributed by atoms with Crippen LogP contribution in [0.25, 0.3) is 0 Å². The van der Waals surface area contributed by atoms with E-state index in [1.165, 1.54) is 0 Å². The average Bonchev–Trinajstić information content (AvgIpc) is 2.27. The van der Waals surface area contributed by atoms with Gasteiger partial charge in [0, 0.05) is 19.0 Å². The van der Waals surface area contributed by atoms with Gasteiger partial charge in [-0.2, -0.15) is 0 Å². The summed E-state index contributed by atoms with van der Waals surface area (Å²) in [5.41, 5.74) is 10.9. The van der Waals surface area contributed by atoms with Crippen LogP contribution in [0.5, 0.6) is 0 Å². The minimum atomic E-state index is -0.407. The highest BCUT2D eigenvalue weighted by molar-refractivity contribution is 5.82. The fourth-order valence-corrected chi connectivity index (χ4v) is 1.79. The molecule has 0 unspecified atom stereocenters. The van der Waals surface area contributed by atoms with Gasteiger partial charge < -0.3 is 16.4 Å². The quantitative estimate of drug-likeness (QED) is 0.659. The summed E-state index contributed by atoms with van der Waals surface area (Å²) in [5.74, 6) is -0.353. The second kappa shape index (κ2) is 5.11. The van der Waals surface area contributed by atoms with Crippen molar-refractivity contribution in [1.29, 1.82) is 0 Å². The topological polar surface area (TPSA) is 89.4 Å². The van der Waals surface area contributed by atoms with Crippen LogP contribution in [-0.2, 0) is 9.59 Å². The van der Waals surface area contributed by atoms with Gasteiger partial charge in [0.2, 0.25) is 11.8 Å². The van der Waals surface area contributed by atoms with Crippen molar-refractivity contribution in [1.82, 2.24) is 4.90 Å². The summed E-state index contributed by atoms with van der Waals surface area (Å²) in [4.78, 5) is 24.3. The number of likely N-dealkylation sites (tertiary alicyclic amines) is 1. The maximum Gasteiger partial charge on any atom is 0.239 e. The molecule has 0 saturated carbocycles. The van der Waals surface area contributed by atoms with E-state index in [4.69, 9.17) is 11.5 Å². The number of piperidine rings is 1. The fraction of sp³-hybridized carbons (Fsp3) is 0.800. The molecule has 1 aliphatic heterocycles. The molecule has 1 saturated heterocycles. The smallest absolute Gasteiger partial charge is 0.239 e. The molecule has 2 amide bonds. The Bertz CT molecular complexity index is 247. The first-order valence-electron chi connectivity index (χ1n) is 5.40. The summed E-state index contributed by atoms with van der Waals surface area (Å²) < 4.78 is 0. The number of rotatable bonds is 3. The van der Waals surface area contributed by atoms with Gasteiger partial charge in [0.1, 0.15) is 0 Å². The molecule has 1 atom stereocenters. The van der Waals surface area contributed by atoms with Crippen molar-refractivity contribution in [2.24, 2.45) is 17.4 Å². The minimum absolute atomic E-state index is 0.0135. The normalized spacial score (nSPS) is 20.0. The first-order chi connectivity index (χ1) is 7.06. The SMILES string of the molecule is CC[C@H](N)C(=O)N1CCC(C(N)=O)CC1. The molecule has 15 heavy (non-hydrogen) atoms. The minimum Gasteiger partial charge on any atom is -0.369 e. The molecule has 4 N–H and O–H groups in total. The molecule has 0 aromatic carbocycles. The molecule has 1 heterocycles. The second-order valence-electron chi connectivity index (χ2n) is 4.02. The highest BCUT2D eigenvalue weighted by Crippen LogP contribution is 2.17. The number of carbonyl (C=O) groups excluding carboxylic acids is 2. The first kappa shape index (κ1) is 12.0. The lowest BCUT2D eigenvalue weighted by Crippen LogP contribution is -2.48. The molecular formula is C10H19N3O2. The van der Waals surface area contributed by atoms with Crippen molar-refractivity contribution in [3.8, 4) is 0 Å². The van der Waals surface area contributed by atoms with E-state index < -0.39 is 6.04 Å². The molecule has 1 fully saturated rings. The van der Waals surface area contributed by atoms with Gasteiger partial charge in [0.25, 0.3) is 0 Å². The number of hydrogen-bond acceptors (Lipinski definition) is 3. The molecule has 0 bridgehead atoms. The van der Waals surface area contributed by atoms with Crippen LogP contribution in [0.3, 0.4) is 0 Å². The van der Waals surface area contributed by atoms with Crippen molar-refractivity contribution in [2.45, 2.75) is 32.2 Å². The van der Waals surface area contributed by atoms with Crippen LogP contribution in [0.4, 0.5) is 0 Å². The number of carbonyl (C=O) groups is 2. The van der Waals surface area contributed by atoms with Gasteiger partial charge >= 0.3 is 0 Å². The maximum absolute atomic E-state index is 11.7. The van der Waals surface area contributed by atoms with E-state index >= 15 is 0 Å². The second-order valence-corrected chi connectivity index (χ2v) is 4.02. The van der Waals surface area contributed by atoms with Crippen LogP contribution < -0.4 is 11.5 Å². The predicted molar refractivity (Wildman–Crippen MR) is 56.8 cm³/mol. The largest absolute Gasteiger partial charge is 0.369 e.